The van der Waals surface area contributed by atoms with E-state index >= 15 is 0 Å². The number of alkyl halides is 1. The molecule has 0 bridgehead atoms. The minimum Gasteiger partial charge on any atom is -0.379 e. The van der Waals surface area contributed by atoms with Gasteiger partial charge in [0.2, 0.25) is 0 Å². The number of rotatable bonds is 6. The normalized spacial score (nSPS) is 12.0. The van der Waals surface area contributed by atoms with Gasteiger partial charge in [0.1, 0.15) is 5.38 Å². The van der Waals surface area contributed by atoms with E-state index in [4.69, 9.17) is 21.6 Å². The van der Waals surface area contributed by atoms with Crippen molar-refractivity contribution in [2.24, 2.45) is 0 Å². The molecule has 80 valence electrons. The van der Waals surface area contributed by atoms with Crippen molar-refractivity contribution in [1.29, 1.82) is 5.26 Å². The molecule has 0 saturated heterocycles. The molecule has 0 aromatic carbocycles. The first-order valence-electron chi connectivity index (χ1n) is 4.83. The Bertz CT molecular complexity index is 310. The summed E-state index contributed by atoms with van der Waals surface area (Å²) in [7, 11) is 0. The molecule has 3 nitrogen and oxygen atoms in total. The van der Waals surface area contributed by atoms with Crippen LogP contribution in [-0.2, 0) is 11.2 Å². The third kappa shape index (κ3) is 5.36. The van der Waals surface area contributed by atoms with Crippen molar-refractivity contribution in [3.05, 3.63) is 30.1 Å². The van der Waals surface area contributed by atoms with Crippen LogP contribution >= 0.6 is 11.6 Å². The zero-order valence-corrected chi connectivity index (χ0v) is 9.15. The van der Waals surface area contributed by atoms with Crippen molar-refractivity contribution in [3.63, 3.8) is 0 Å². The van der Waals surface area contributed by atoms with Gasteiger partial charge in [-0.25, -0.2) is 0 Å². The number of nitriles is 1. The number of ether oxygens (including phenoxy) is 1. The highest BCUT2D eigenvalue weighted by atomic mass is 35.5. The van der Waals surface area contributed by atoms with E-state index in [0.29, 0.717) is 13.2 Å². The molecule has 0 amide bonds. The molecule has 0 spiro atoms. The van der Waals surface area contributed by atoms with E-state index in [-0.39, 0.29) is 0 Å². The Morgan fingerprint density at radius 1 is 1.47 bits per heavy atom. The van der Waals surface area contributed by atoms with Crippen molar-refractivity contribution >= 4 is 11.6 Å². The van der Waals surface area contributed by atoms with Crippen LogP contribution in [0.15, 0.2) is 24.5 Å². The molecule has 1 atom stereocenters. The fraction of sp³-hybridized carbons (Fsp3) is 0.455. The average Bonchev–Trinajstić information content (AvgIpc) is 2.29. The summed E-state index contributed by atoms with van der Waals surface area (Å²) >= 11 is 5.57. The summed E-state index contributed by atoms with van der Waals surface area (Å²) in [6.45, 7) is 0.932. The molecular formula is C11H13ClN2O. The van der Waals surface area contributed by atoms with Gasteiger partial charge in [-0.05, 0) is 30.5 Å². The summed E-state index contributed by atoms with van der Waals surface area (Å²) in [5.74, 6) is 0. The fourth-order valence-corrected chi connectivity index (χ4v) is 1.24. The molecule has 0 radical (unpaired) electrons. The van der Waals surface area contributed by atoms with Crippen LogP contribution < -0.4 is 0 Å². The molecule has 1 unspecified atom stereocenters. The zero-order chi connectivity index (χ0) is 10.9. The van der Waals surface area contributed by atoms with Gasteiger partial charge in [-0.2, -0.15) is 5.26 Å². The highest BCUT2D eigenvalue weighted by molar-refractivity contribution is 6.22. The SMILES string of the molecule is N#CC(Cl)COCCCc1ccncc1. The van der Waals surface area contributed by atoms with Gasteiger partial charge in [0, 0.05) is 19.0 Å². The lowest BCUT2D eigenvalue weighted by atomic mass is 10.1. The lowest BCUT2D eigenvalue weighted by Crippen LogP contribution is -2.07. The molecule has 1 rings (SSSR count). The van der Waals surface area contributed by atoms with Gasteiger partial charge in [-0.15, -0.1) is 11.6 Å². The molecule has 15 heavy (non-hydrogen) atoms. The van der Waals surface area contributed by atoms with Crippen molar-refractivity contribution in [2.45, 2.75) is 18.2 Å². The Balaban J connectivity index is 2.06. The minimum atomic E-state index is -0.536. The Labute approximate surface area is 94.7 Å². The molecule has 1 heterocycles. The molecule has 0 aliphatic rings. The summed E-state index contributed by atoms with van der Waals surface area (Å²) in [5, 5.41) is 7.86. The number of halogens is 1. The predicted molar refractivity (Wildman–Crippen MR) is 58.6 cm³/mol. The Morgan fingerprint density at radius 2 is 2.20 bits per heavy atom. The smallest absolute Gasteiger partial charge is 0.143 e. The molecule has 0 N–H and O–H groups in total. The maximum atomic E-state index is 8.40. The zero-order valence-electron chi connectivity index (χ0n) is 8.40. The monoisotopic (exact) mass is 224 g/mol. The van der Waals surface area contributed by atoms with Crippen molar-refractivity contribution < 1.29 is 4.74 Å². The number of hydrogen-bond acceptors (Lipinski definition) is 3. The van der Waals surface area contributed by atoms with Crippen LogP contribution in [0, 0.1) is 11.3 Å². The molecule has 1 aromatic heterocycles. The second-order valence-corrected chi connectivity index (χ2v) is 3.66. The Hall–Kier alpha value is -1.11. The summed E-state index contributed by atoms with van der Waals surface area (Å²) in [6, 6.07) is 5.88. The van der Waals surface area contributed by atoms with Crippen molar-refractivity contribution in [3.8, 4) is 6.07 Å². The van der Waals surface area contributed by atoms with E-state index in [9.17, 15) is 0 Å². The third-order valence-electron chi connectivity index (χ3n) is 1.91. The van der Waals surface area contributed by atoms with Crippen LogP contribution in [0.5, 0.6) is 0 Å². The Morgan fingerprint density at radius 3 is 2.87 bits per heavy atom. The quantitative estimate of drug-likeness (QED) is 0.550. The first-order valence-corrected chi connectivity index (χ1v) is 5.27. The maximum absolute atomic E-state index is 8.40. The molecule has 0 fully saturated rings. The topological polar surface area (TPSA) is 45.9 Å². The van der Waals surface area contributed by atoms with Gasteiger partial charge < -0.3 is 4.74 Å². The van der Waals surface area contributed by atoms with E-state index in [2.05, 4.69) is 4.98 Å². The minimum absolute atomic E-state index is 0.300. The van der Waals surface area contributed by atoms with Gasteiger partial charge in [0.05, 0.1) is 12.7 Å². The van der Waals surface area contributed by atoms with Gasteiger partial charge >= 0.3 is 0 Å². The van der Waals surface area contributed by atoms with E-state index in [1.54, 1.807) is 12.4 Å². The van der Waals surface area contributed by atoms with Crippen LogP contribution in [0.25, 0.3) is 0 Å². The highest BCUT2D eigenvalue weighted by Gasteiger charge is 2.00. The van der Waals surface area contributed by atoms with Gasteiger partial charge in [0.25, 0.3) is 0 Å². The number of aromatic nitrogens is 1. The first kappa shape index (κ1) is 12.0. The maximum Gasteiger partial charge on any atom is 0.143 e. The summed E-state index contributed by atoms with van der Waals surface area (Å²) < 4.78 is 5.24. The number of nitrogens with zero attached hydrogens (tertiary/aromatic N) is 2. The van der Waals surface area contributed by atoms with Gasteiger partial charge in [-0.1, -0.05) is 0 Å². The lowest BCUT2D eigenvalue weighted by Gasteiger charge is -2.04. The number of pyridine rings is 1. The van der Waals surface area contributed by atoms with Crippen LogP contribution in [-0.4, -0.2) is 23.6 Å². The van der Waals surface area contributed by atoms with Crippen molar-refractivity contribution in [2.75, 3.05) is 13.2 Å². The van der Waals surface area contributed by atoms with Crippen LogP contribution in [0.2, 0.25) is 0 Å². The van der Waals surface area contributed by atoms with Crippen LogP contribution in [0.4, 0.5) is 0 Å². The summed E-state index contributed by atoms with van der Waals surface area (Å²) in [6.07, 6.45) is 5.45. The second kappa shape index (κ2) is 7.22. The largest absolute Gasteiger partial charge is 0.379 e. The van der Waals surface area contributed by atoms with Crippen LogP contribution in [0.1, 0.15) is 12.0 Å². The molecule has 1 aromatic rings. The molecular weight excluding hydrogens is 212 g/mol. The predicted octanol–water partition coefficient (Wildman–Crippen LogP) is 2.16. The number of hydrogen-bond donors (Lipinski definition) is 0. The summed E-state index contributed by atoms with van der Waals surface area (Å²) in [4.78, 5) is 3.94. The molecule has 0 saturated carbocycles. The first-order chi connectivity index (χ1) is 7.33. The average molecular weight is 225 g/mol. The molecule has 4 heteroatoms. The fourth-order valence-electron chi connectivity index (χ4n) is 1.15. The van der Waals surface area contributed by atoms with Gasteiger partial charge in [0.15, 0.2) is 0 Å². The van der Waals surface area contributed by atoms with Gasteiger partial charge in [-0.3, -0.25) is 4.98 Å². The summed E-state index contributed by atoms with van der Waals surface area (Å²) in [5.41, 5.74) is 1.25. The van der Waals surface area contributed by atoms with Crippen LogP contribution in [0.3, 0.4) is 0 Å². The van der Waals surface area contributed by atoms with Crippen molar-refractivity contribution in [1.82, 2.24) is 4.98 Å². The van der Waals surface area contributed by atoms with E-state index in [1.807, 2.05) is 18.2 Å². The third-order valence-corrected chi connectivity index (χ3v) is 2.13. The molecule has 0 aliphatic heterocycles. The van der Waals surface area contributed by atoms with E-state index < -0.39 is 5.38 Å². The number of aryl methyl sites for hydroxylation is 1. The second-order valence-electron chi connectivity index (χ2n) is 3.13. The lowest BCUT2D eigenvalue weighted by molar-refractivity contribution is 0.139. The molecule has 0 aliphatic carbocycles. The highest BCUT2D eigenvalue weighted by Crippen LogP contribution is 2.01. The Kier molecular flexibility index (Phi) is 5.76. The van der Waals surface area contributed by atoms with E-state index in [0.717, 1.165) is 12.8 Å². The standard InChI is InChI=1S/C11H13ClN2O/c12-11(8-13)9-15-7-1-2-10-3-5-14-6-4-10/h3-6,11H,1-2,7,9H2. The van der Waals surface area contributed by atoms with E-state index in [1.165, 1.54) is 5.56 Å².